The zero-order valence-electron chi connectivity index (χ0n) is 18.1. The number of piperidine rings is 1. The summed E-state index contributed by atoms with van der Waals surface area (Å²) in [4.78, 5) is 28.6. The monoisotopic (exact) mass is 422 g/mol. The van der Waals surface area contributed by atoms with Crippen LogP contribution in [-0.4, -0.2) is 56.1 Å². The molecule has 2 aliphatic rings. The molecule has 7 heteroatoms. The Morgan fingerprint density at radius 3 is 2.58 bits per heavy atom. The topological polar surface area (TPSA) is 73.9 Å². The molecule has 2 amide bonds. The number of hydrogen-bond acceptors (Lipinski definition) is 5. The van der Waals surface area contributed by atoms with Gasteiger partial charge in [0.05, 0.1) is 30.2 Å². The molecule has 2 aromatic rings. The number of likely N-dealkylation sites (tertiary alicyclic amines) is 1. The summed E-state index contributed by atoms with van der Waals surface area (Å²) < 4.78 is 5.23. The van der Waals surface area contributed by atoms with Crippen LogP contribution >= 0.6 is 0 Å². The zero-order chi connectivity index (χ0) is 21.8. The fourth-order valence-electron chi connectivity index (χ4n) is 4.38. The fraction of sp³-hybridized carbons (Fsp3) is 0.417. The molecule has 0 radical (unpaired) electrons. The maximum Gasteiger partial charge on any atom is 0.247 e. The van der Waals surface area contributed by atoms with Crippen LogP contribution in [0.15, 0.2) is 54.6 Å². The molecule has 0 aliphatic carbocycles. The van der Waals surface area contributed by atoms with Crippen LogP contribution in [0, 0.1) is 18.8 Å². The lowest BCUT2D eigenvalue weighted by atomic mass is 9.84. The van der Waals surface area contributed by atoms with E-state index in [0.717, 1.165) is 11.3 Å². The highest BCUT2D eigenvalue weighted by molar-refractivity contribution is 5.98. The SMILES string of the molecule is COCCN1CC(C(=O)NCc2ccc(C)cc2)C2NN(c3ccccc3)C(=O)C2C1. The van der Waals surface area contributed by atoms with E-state index in [1.807, 2.05) is 61.5 Å². The predicted octanol–water partition coefficient (Wildman–Crippen LogP) is 1.73. The van der Waals surface area contributed by atoms with E-state index in [-0.39, 0.29) is 29.7 Å². The molecule has 2 heterocycles. The highest BCUT2D eigenvalue weighted by Gasteiger charge is 2.50. The zero-order valence-corrected chi connectivity index (χ0v) is 18.1. The Labute approximate surface area is 183 Å². The smallest absolute Gasteiger partial charge is 0.247 e. The molecule has 3 atom stereocenters. The lowest BCUT2D eigenvalue weighted by Crippen LogP contribution is -2.57. The van der Waals surface area contributed by atoms with Gasteiger partial charge in [-0.15, -0.1) is 0 Å². The number of aryl methyl sites for hydroxylation is 1. The Balaban J connectivity index is 1.50. The summed E-state index contributed by atoms with van der Waals surface area (Å²) in [6.45, 7) is 4.99. The van der Waals surface area contributed by atoms with Gasteiger partial charge in [0.15, 0.2) is 0 Å². The third-order valence-electron chi connectivity index (χ3n) is 6.14. The van der Waals surface area contributed by atoms with Crippen molar-refractivity contribution in [3.63, 3.8) is 0 Å². The molecule has 164 valence electrons. The Kier molecular flexibility index (Phi) is 6.65. The van der Waals surface area contributed by atoms with Gasteiger partial charge >= 0.3 is 0 Å². The average molecular weight is 423 g/mol. The first-order valence-corrected chi connectivity index (χ1v) is 10.8. The summed E-state index contributed by atoms with van der Waals surface area (Å²) >= 11 is 0. The molecule has 7 nitrogen and oxygen atoms in total. The van der Waals surface area contributed by atoms with E-state index in [2.05, 4.69) is 15.6 Å². The molecular weight excluding hydrogens is 392 g/mol. The Hall–Kier alpha value is -2.74. The largest absolute Gasteiger partial charge is 0.383 e. The molecule has 2 aliphatic heterocycles. The first-order valence-electron chi connectivity index (χ1n) is 10.8. The van der Waals surface area contributed by atoms with Crippen LogP contribution in [0.25, 0.3) is 0 Å². The minimum absolute atomic E-state index is 0.00894. The van der Waals surface area contributed by atoms with Crippen LogP contribution in [0.1, 0.15) is 11.1 Å². The number of anilines is 1. The van der Waals surface area contributed by atoms with Crippen molar-refractivity contribution in [2.75, 3.05) is 38.4 Å². The van der Waals surface area contributed by atoms with Gasteiger partial charge in [0.2, 0.25) is 11.8 Å². The molecule has 0 saturated carbocycles. The Morgan fingerprint density at radius 2 is 1.87 bits per heavy atom. The fourth-order valence-corrected chi connectivity index (χ4v) is 4.38. The van der Waals surface area contributed by atoms with Crippen LogP contribution in [0.5, 0.6) is 0 Å². The maximum atomic E-state index is 13.2. The molecule has 2 N–H and O–H groups in total. The minimum Gasteiger partial charge on any atom is -0.383 e. The van der Waals surface area contributed by atoms with Crippen LogP contribution in [0.2, 0.25) is 0 Å². The highest BCUT2D eigenvalue weighted by atomic mass is 16.5. The Bertz CT molecular complexity index is 903. The van der Waals surface area contributed by atoms with Crippen molar-refractivity contribution in [2.24, 2.45) is 11.8 Å². The molecule has 2 fully saturated rings. The van der Waals surface area contributed by atoms with Crippen LogP contribution in [0.3, 0.4) is 0 Å². The number of nitrogens with one attached hydrogen (secondary N) is 2. The third kappa shape index (κ3) is 4.79. The summed E-state index contributed by atoms with van der Waals surface area (Å²) in [7, 11) is 1.66. The number of para-hydroxylation sites is 1. The van der Waals surface area contributed by atoms with Crippen molar-refractivity contribution < 1.29 is 14.3 Å². The predicted molar refractivity (Wildman–Crippen MR) is 119 cm³/mol. The molecule has 3 unspecified atom stereocenters. The molecule has 31 heavy (non-hydrogen) atoms. The van der Waals surface area contributed by atoms with Crippen LogP contribution in [0.4, 0.5) is 5.69 Å². The van der Waals surface area contributed by atoms with Crippen molar-refractivity contribution in [3.05, 3.63) is 65.7 Å². The van der Waals surface area contributed by atoms with E-state index < -0.39 is 0 Å². The standard InChI is InChI=1S/C24H30N4O3/c1-17-8-10-18(11-9-17)14-25-23(29)20-15-27(12-13-31-2)16-21-22(20)26-28(24(21)30)19-6-4-3-5-7-19/h3-11,20-22,26H,12-16H2,1-2H3,(H,25,29). The van der Waals surface area contributed by atoms with Gasteiger partial charge in [-0.3, -0.25) is 14.5 Å². The van der Waals surface area contributed by atoms with Crippen molar-refractivity contribution in [1.82, 2.24) is 15.6 Å². The van der Waals surface area contributed by atoms with Crippen molar-refractivity contribution >= 4 is 17.5 Å². The summed E-state index contributed by atoms with van der Waals surface area (Å²) in [5.41, 5.74) is 6.38. The van der Waals surface area contributed by atoms with Gasteiger partial charge in [-0.2, -0.15) is 0 Å². The van der Waals surface area contributed by atoms with Crippen molar-refractivity contribution in [3.8, 4) is 0 Å². The van der Waals surface area contributed by atoms with E-state index in [1.54, 1.807) is 12.1 Å². The molecule has 2 aromatic carbocycles. The highest BCUT2D eigenvalue weighted by Crippen LogP contribution is 2.31. The summed E-state index contributed by atoms with van der Waals surface area (Å²) in [5, 5.41) is 4.69. The first-order chi connectivity index (χ1) is 15.1. The van der Waals surface area contributed by atoms with Crippen LogP contribution < -0.4 is 15.8 Å². The van der Waals surface area contributed by atoms with E-state index in [9.17, 15) is 9.59 Å². The molecule has 0 spiro atoms. The van der Waals surface area contributed by atoms with E-state index in [4.69, 9.17) is 4.74 Å². The second-order valence-corrected chi connectivity index (χ2v) is 8.33. The number of ether oxygens (including phenoxy) is 1. The molecule has 2 saturated heterocycles. The number of amides is 2. The lowest BCUT2D eigenvalue weighted by molar-refractivity contribution is -0.130. The minimum atomic E-state index is -0.335. The summed E-state index contributed by atoms with van der Waals surface area (Å²) in [5.74, 6) is -0.637. The second kappa shape index (κ2) is 9.60. The van der Waals surface area contributed by atoms with Gasteiger partial charge in [0.1, 0.15) is 0 Å². The van der Waals surface area contributed by atoms with Gasteiger partial charge in [0.25, 0.3) is 0 Å². The van der Waals surface area contributed by atoms with E-state index >= 15 is 0 Å². The van der Waals surface area contributed by atoms with E-state index in [0.29, 0.717) is 32.8 Å². The lowest BCUT2D eigenvalue weighted by Gasteiger charge is -2.38. The third-order valence-corrected chi connectivity index (χ3v) is 6.14. The molecule has 0 aromatic heterocycles. The second-order valence-electron chi connectivity index (χ2n) is 8.33. The van der Waals surface area contributed by atoms with Crippen molar-refractivity contribution in [1.29, 1.82) is 0 Å². The Morgan fingerprint density at radius 1 is 1.13 bits per heavy atom. The van der Waals surface area contributed by atoms with Crippen LogP contribution in [-0.2, 0) is 20.9 Å². The number of carbonyl (C=O) groups is 2. The van der Waals surface area contributed by atoms with Gasteiger partial charge in [-0.25, -0.2) is 10.4 Å². The van der Waals surface area contributed by atoms with Gasteiger partial charge in [0, 0.05) is 33.3 Å². The maximum absolute atomic E-state index is 13.2. The molecule has 4 rings (SSSR count). The molecular formula is C24H30N4O3. The number of methoxy groups -OCH3 is 1. The van der Waals surface area contributed by atoms with Gasteiger partial charge in [-0.1, -0.05) is 48.0 Å². The number of nitrogens with zero attached hydrogens (tertiary/aromatic N) is 2. The number of fused-ring (bicyclic) bond motifs is 1. The van der Waals surface area contributed by atoms with Gasteiger partial charge in [-0.05, 0) is 24.6 Å². The van der Waals surface area contributed by atoms with Crippen molar-refractivity contribution in [2.45, 2.75) is 19.5 Å². The normalized spacial score (nSPS) is 23.6. The first kappa shape index (κ1) is 21.5. The number of hydrogen-bond donors (Lipinski definition) is 2. The van der Waals surface area contributed by atoms with E-state index in [1.165, 1.54) is 5.56 Å². The number of hydrazine groups is 1. The number of rotatable bonds is 7. The quantitative estimate of drug-likeness (QED) is 0.711. The summed E-state index contributed by atoms with van der Waals surface area (Å²) in [6.07, 6.45) is 0. The van der Waals surface area contributed by atoms with Gasteiger partial charge < -0.3 is 10.1 Å². The summed E-state index contributed by atoms with van der Waals surface area (Å²) in [6, 6.07) is 17.4. The molecule has 0 bridgehead atoms. The average Bonchev–Trinajstić information content (AvgIpc) is 3.13. The number of benzene rings is 2. The number of carbonyl (C=O) groups excluding carboxylic acids is 2.